The molecular weight excluding hydrogens is 312 g/mol. The fraction of sp³-hybridized carbons (Fsp3) is 0.471. The predicted molar refractivity (Wildman–Crippen MR) is 86.8 cm³/mol. The molecule has 7 nitrogen and oxygen atoms in total. The van der Waals surface area contributed by atoms with E-state index < -0.39 is 29.5 Å². The summed E-state index contributed by atoms with van der Waals surface area (Å²) in [5.41, 5.74) is 0.190. The number of hydrogen-bond acceptors (Lipinski definition) is 4. The SMILES string of the molecule is CCC(C(=O)O)N1C(=O)NC(CC)(c2ccc(OC)c(C)c2)C1=O. The number of aliphatic carboxylic acids is 1. The van der Waals surface area contributed by atoms with Crippen LogP contribution in [0.2, 0.25) is 0 Å². The van der Waals surface area contributed by atoms with E-state index in [9.17, 15) is 19.5 Å². The number of carboxylic acid groups (broad SMARTS) is 1. The summed E-state index contributed by atoms with van der Waals surface area (Å²) in [6, 6.07) is 3.39. The number of imide groups is 1. The van der Waals surface area contributed by atoms with Crippen LogP contribution in [0.5, 0.6) is 5.75 Å². The van der Waals surface area contributed by atoms with Crippen molar-refractivity contribution >= 4 is 17.9 Å². The van der Waals surface area contributed by atoms with Gasteiger partial charge in [-0.05, 0) is 43.0 Å². The highest BCUT2D eigenvalue weighted by Crippen LogP contribution is 2.35. The van der Waals surface area contributed by atoms with E-state index in [1.165, 1.54) is 0 Å². The summed E-state index contributed by atoms with van der Waals surface area (Å²) in [5, 5.41) is 12.0. The zero-order valence-corrected chi connectivity index (χ0v) is 14.3. The molecule has 1 heterocycles. The molecule has 2 N–H and O–H groups in total. The molecule has 1 fully saturated rings. The second kappa shape index (κ2) is 6.51. The number of nitrogens with zero attached hydrogens (tertiary/aromatic N) is 1. The van der Waals surface area contributed by atoms with Crippen molar-refractivity contribution in [3.05, 3.63) is 29.3 Å². The van der Waals surface area contributed by atoms with Crippen molar-refractivity contribution in [2.24, 2.45) is 0 Å². The first kappa shape index (κ1) is 17.8. The number of nitrogens with one attached hydrogen (secondary N) is 1. The summed E-state index contributed by atoms with van der Waals surface area (Å²) in [6.45, 7) is 5.25. The molecule has 2 atom stereocenters. The maximum Gasteiger partial charge on any atom is 0.326 e. The van der Waals surface area contributed by atoms with Gasteiger partial charge in [0.05, 0.1) is 7.11 Å². The molecule has 2 rings (SSSR count). The molecule has 0 radical (unpaired) electrons. The molecule has 3 amide bonds. The van der Waals surface area contributed by atoms with Crippen molar-refractivity contribution in [2.45, 2.75) is 45.2 Å². The Hall–Kier alpha value is -2.57. The van der Waals surface area contributed by atoms with Crippen molar-refractivity contribution in [2.75, 3.05) is 7.11 Å². The maximum atomic E-state index is 13.0. The normalized spacial score (nSPS) is 21.6. The minimum Gasteiger partial charge on any atom is -0.496 e. The van der Waals surface area contributed by atoms with Gasteiger partial charge < -0.3 is 15.2 Å². The number of aryl methyl sites for hydroxylation is 1. The number of benzene rings is 1. The molecule has 130 valence electrons. The molecular formula is C17H22N2O5. The van der Waals surface area contributed by atoms with E-state index in [0.29, 0.717) is 17.7 Å². The van der Waals surface area contributed by atoms with Gasteiger partial charge in [-0.1, -0.05) is 19.9 Å². The van der Waals surface area contributed by atoms with Crippen LogP contribution in [0.3, 0.4) is 0 Å². The number of carboxylic acids is 1. The third-order valence-corrected chi connectivity index (χ3v) is 4.52. The zero-order valence-electron chi connectivity index (χ0n) is 14.3. The summed E-state index contributed by atoms with van der Waals surface area (Å²) >= 11 is 0. The Bertz CT molecular complexity index is 688. The van der Waals surface area contributed by atoms with Gasteiger partial charge in [0.2, 0.25) is 0 Å². The van der Waals surface area contributed by atoms with Crippen molar-refractivity contribution < 1.29 is 24.2 Å². The molecule has 0 saturated carbocycles. The molecule has 1 aromatic rings. The van der Waals surface area contributed by atoms with Gasteiger partial charge in [-0.3, -0.25) is 4.79 Å². The number of hydrogen-bond donors (Lipinski definition) is 2. The van der Waals surface area contributed by atoms with Gasteiger partial charge in [-0.15, -0.1) is 0 Å². The summed E-state index contributed by atoms with van der Waals surface area (Å²) in [4.78, 5) is 37.6. The topological polar surface area (TPSA) is 95.9 Å². The number of urea groups is 1. The Kier molecular flexibility index (Phi) is 4.82. The third-order valence-electron chi connectivity index (χ3n) is 4.52. The third kappa shape index (κ3) is 2.60. The predicted octanol–water partition coefficient (Wildman–Crippen LogP) is 2.02. The summed E-state index contributed by atoms with van der Waals surface area (Å²) in [7, 11) is 1.56. The van der Waals surface area contributed by atoms with Crippen molar-refractivity contribution in [3.63, 3.8) is 0 Å². The Morgan fingerprint density at radius 1 is 1.38 bits per heavy atom. The number of rotatable bonds is 6. The largest absolute Gasteiger partial charge is 0.496 e. The van der Waals surface area contributed by atoms with Crippen LogP contribution < -0.4 is 10.1 Å². The lowest BCUT2D eigenvalue weighted by atomic mass is 9.86. The molecule has 0 aromatic heterocycles. The average molecular weight is 334 g/mol. The summed E-state index contributed by atoms with van der Waals surface area (Å²) in [6.07, 6.45) is 0.464. The Balaban J connectivity index is 2.51. The highest BCUT2D eigenvalue weighted by Gasteiger charge is 2.54. The minimum absolute atomic E-state index is 0.149. The van der Waals surface area contributed by atoms with E-state index >= 15 is 0 Å². The fourth-order valence-electron chi connectivity index (χ4n) is 3.13. The lowest BCUT2D eigenvalue weighted by molar-refractivity contribution is -0.148. The molecule has 1 aliphatic rings. The van der Waals surface area contributed by atoms with Gasteiger partial charge in [0.25, 0.3) is 5.91 Å². The lowest BCUT2D eigenvalue weighted by Gasteiger charge is -2.27. The van der Waals surface area contributed by atoms with Gasteiger partial charge in [0.15, 0.2) is 0 Å². The van der Waals surface area contributed by atoms with Crippen LogP contribution in [0.15, 0.2) is 18.2 Å². The zero-order chi connectivity index (χ0) is 18.1. The molecule has 1 aromatic carbocycles. The summed E-state index contributed by atoms with van der Waals surface area (Å²) < 4.78 is 5.22. The Labute approximate surface area is 140 Å². The van der Waals surface area contributed by atoms with Crippen LogP contribution in [0, 0.1) is 6.92 Å². The molecule has 0 aliphatic carbocycles. The van der Waals surface area contributed by atoms with E-state index in [-0.39, 0.29) is 6.42 Å². The van der Waals surface area contributed by atoms with Gasteiger partial charge in [0.1, 0.15) is 17.3 Å². The van der Waals surface area contributed by atoms with Gasteiger partial charge in [0, 0.05) is 0 Å². The molecule has 1 aliphatic heterocycles. The number of amides is 3. The lowest BCUT2D eigenvalue weighted by Crippen LogP contribution is -2.47. The first-order valence-corrected chi connectivity index (χ1v) is 7.86. The smallest absolute Gasteiger partial charge is 0.326 e. The number of ether oxygens (including phenoxy) is 1. The fourth-order valence-corrected chi connectivity index (χ4v) is 3.13. The molecule has 1 saturated heterocycles. The molecule has 0 bridgehead atoms. The number of carbonyl (C=O) groups is 3. The van der Waals surface area contributed by atoms with Crippen LogP contribution in [0.25, 0.3) is 0 Å². The highest BCUT2D eigenvalue weighted by molar-refractivity contribution is 6.09. The quantitative estimate of drug-likeness (QED) is 0.776. The van der Waals surface area contributed by atoms with E-state index in [0.717, 1.165) is 10.5 Å². The first-order chi connectivity index (χ1) is 11.3. The van der Waals surface area contributed by atoms with E-state index in [1.54, 1.807) is 39.2 Å². The maximum absolute atomic E-state index is 13.0. The minimum atomic E-state index is -1.25. The van der Waals surface area contributed by atoms with Gasteiger partial charge in [-0.25, -0.2) is 14.5 Å². The van der Waals surface area contributed by atoms with E-state index in [4.69, 9.17) is 4.74 Å². The van der Waals surface area contributed by atoms with Crippen molar-refractivity contribution in [1.82, 2.24) is 10.2 Å². The number of methoxy groups -OCH3 is 1. The monoisotopic (exact) mass is 334 g/mol. The second-order valence-corrected chi connectivity index (χ2v) is 5.81. The average Bonchev–Trinajstić information content (AvgIpc) is 2.80. The Morgan fingerprint density at radius 3 is 2.50 bits per heavy atom. The van der Waals surface area contributed by atoms with Crippen LogP contribution in [-0.2, 0) is 15.1 Å². The van der Waals surface area contributed by atoms with Crippen LogP contribution >= 0.6 is 0 Å². The molecule has 2 unspecified atom stereocenters. The van der Waals surface area contributed by atoms with Crippen molar-refractivity contribution in [3.8, 4) is 5.75 Å². The van der Waals surface area contributed by atoms with Gasteiger partial charge in [-0.2, -0.15) is 0 Å². The van der Waals surface area contributed by atoms with Crippen molar-refractivity contribution in [1.29, 1.82) is 0 Å². The standard InChI is InChI=1S/C17H22N2O5/c1-5-12(14(20)21)19-15(22)17(6-2,18-16(19)23)11-7-8-13(24-4)10(3)9-11/h7-9,12H,5-6H2,1-4H3,(H,18,23)(H,20,21). The summed E-state index contributed by atoms with van der Waals surface area (Å²) in [5.74, 6) is -1.05. The second-order valence-electron chi connectivity index (χ2n) is 5.81. The van der Waals surface area contributed by atoms with E-state index in [2.05, 4.69) is 5.32 Å². The molecule has 7 heteroatoms. The van der Waals surface area contributed by atoms with Gasteiger partial charge >= 0.3 is 12.0 Å². The Morgan fingerprint density at radius 2 is 2.04 bits per heavy atom. The highest BCUT2D eigenvalue weighted by atomic mass is 16.5. The van der Waals surface area contributed by atoms with Crippen LogP contribution in [0.4, 0.5) is 4.79 Å². The molecule has 0 spiro atoms. The van der Waals surface area contributed by atoms with Crippen LogP contribution in [-0.4, -0.2) is 41.1 Å². The van der Waals surface area contributed by atoms with E-state index in [1.807, 2.05) is 6.92 Å². The number of carbonyl (C=O) groups excluding carboxylic acids is 2. The molecule has 24 heavy (non-hydrogen) atoms. The van der Waals surface area contributed by atoms with Crippen LogP contribution in [0.1, 0.15) is 37.8 Å². The first-order valence-electron chi connectivity index (χ1n) is 7.86.